The SMILES string of the molecule is COc1cc(C)c(C(C)(O)CNN)cc1C(C)C. The van der Waals surface area contributed by atoms with E-state index in [1.807, 2.05) is 19.1 Å². The third kappa shape index (κ3) is 3.02. The van der Waals surface area contributed by atoms with Crippen LogP contribution in [-0.4, -0.2) is 18.8 Å². The molecular formula is C14H24N2O2. The highest BCUT2D eigenvalue weighted by atomic mass is 16.5. The van der Waals surface area contributed by atoms with Crippen LogP contribution < -0.4 is 16.0 Å². The average Bonchev–Trinajstić information content (AvgIpc) is 2.27. The molecule has 1 unspecified atom stereocenters. The second kappa shape index (κ2) is 5.69. The fourth-order valence-electron chi connectivity index (χ4n) is 2.20. The van der Waals surface area contributed by atoms with Gasteiger partial charge in [-0.25, -0.2) is 0 Å². The normalized spacial score (nSPS) is 14.7. The fraction of sp³-hybridized carbons (Fsp3) is 0.571. The molecule has 0 saturated carbocycles. The van der Waals surface area contributed by atoms with Crippen LogP contribution in [0.5, 0.6) is 5.75 Å². The molecule has 0 aliphatic heterocycles. The smallest absolute Gasteiger partial charge is 0.122 e. The number of hydrogen-bond donors (Lipinski definition) is 3. The second-order valence-electron chi connectivity index (χ2n) is 5.22. The fourth-order valence-corrected chi connectivity index (χ4v) is 2.20. The molecule has 0 fully saturated rings. The number of hydrazine groups is 1. The van der Waals surface area contributed by atoms with E-state index in [9.17, 15) is 5.11 Å². The lowest BCUT2D eigenvalue weighted by molar-refractivity contribution is 0.0565. The minimum Gasteiger partial charge on any atom is -0.496 e. The third-order valence-electron chi connectivity index (χ3n) is 3.23. The van der Waals surface area contributed by atoms with Gasteiger partial charge in [-0.3, -0.25) is 11.3 Å². The van der Waals surface area contributed by atoms with Gasteiger partial charge in [-0.15, -0.1) is 0 Å². The molecule has 0 aliphatic carbocycles. The Bertz CT molecular complexity index is 415. The molecule has 0 heterocycles. The van der Waals surface area contributed by atoms with Crippen LogP contribution in [0.25, 0.3) is 0 Å². The molecule has 0 aromatic heterocycles. The van der Waals surface area contributed by atoms with E-state index in [0.717, 1.165) is 22.4 Å². The predicted octanol–water partition coefficient (Wildman–Crippen LogP) is 1.80. The molecule has 4 N–H and O–H groups in total. The lowest BCUT2D eigenvalue weighted by Crippen LogP contribution is -2.39. The van der Waals surface area contributed by atoms with E-state index in [-0.39, 0.29) is 0 Å². The van der Waals surface area contributed by atoms with Crippen LogP contribution in [0.3, 0.4) is 0 Å². The Balaban J connectivity index is 3.33. The summed E-state index contributed by atoms with van der Waals surface area (Å²) in [5.41, 5.74) is 4.51. The predicted molar refractivity (Wildman–Crippen MR) is 73.6 cm³/mol. The van der Waals surface area contributed by atoms with Crippen LogP contribution in [0.15, 0.2) is 12.1 Å². The van der Waals surface area contributed by atoms with Crippen molar-refractivity contribution in [3.8, 4) is 5.75 Å². The third-order valence-corrected chi connectivity index (χ3v) is 3.23. The molecule has 4 nitrogen and oxygen atoms in total. The van der Waals surface area contributed by atoms with E-state index < -0.39 is 5.60 Å². The van der Waals surface area contributed by atoms with Gasteiger partial charge in [-0.05, 0) is 48.6 Å². The number of hydrogen-bond acceptors (Lipinski definition) is 4. The van der Waals surface area contributed by atoms with Crippen molar-refractivity contribution in [2.75, 3.05) is 13.7 Å². The summed E-state index contributed by atoms with van der Waals surface area (Å²) in [5.74, 6) is 6.52. The highest BCUT2D eigenvalue weighted by molar-refractivity contribution is 5.46. The summed E-state index contributed by atoms with van der Waals surface area (Å²) in [6.07, 6.45) is 0. The molecule has 0 aliphatic rings. The van der Waals surface area contributed by atoms with Crippen LogP contribution in [0.2, 0.25) is 0 Å². The van der Waals surface area contributed by atoms with Gasteiger partial charge in [0, 0.05) is 6.54 Å². The first-order valence-electron chi connectivity index (χ1n) is 6.18. The van der Waals surface area contributed by atoms with Crippen molar-refractivity contribution >= 4 is 0 Å². The van der Waals surface area contributed by atoms with Gasteiger partial charge >= 0.3 is 0 Å². The molecule has 0 amide bonds. The number of methoxy groups -OCH3 is 1. The van der Waals surface area contributed by atoms with E-state index in [4.69, 9.17) is 10.6 Å². The van der Waals surface area contributed by atoms with E-state index >= 15 is 0 Å². The van der Waals surface area contributed by atoms with Crippen LogP contribution in [0.1, 0.15) is 43.4 Å². The van der Waals surface area contributed by atoms with Gasteiger partial charge in [0.2, 0.25) is 0 Å². The monoisotopic (exact) mass is 252 g/mol. The van der Waals surface area contributed by atoms with Gasteiger partial charge in [0.25, 0.3) is 0 Å². The minimum absolute atomic E-state index is 0.303. The molecule has 0 radical (unpaired) electrons. The highest BCUT2D eigenvalue weighted by Gasteiger charge is 2.26. The molecule has 1 aromatic carbocycles. The van der Waals surface area contributed by atoms with Gasteiger partial charge in [-0.1, -0.05) is 13.8 Å². The van der Waals surface area contributed by atoms with Crippen molar-refractivity contribution in [1.29, 1.82) is 0 Å². The Morgan fingerprint density at radius 3 is 2.50 bits per heavy atom. The molecule has 0 spiro atoms. The van der Waals surface area contributed by atoms with Crippen LogP contribution >= 0.6 is 0 Å². The van der Waals surface area contributed by atoms with Crippen molar-refractivity contribution in [1.82, 2.24) is 5.43 Å². The number of ether oxygens (including phenoxy) is 1. The molecule has 18 heavy (non-hydrogen) atoms. The molecule has 1 aromatic rings. The van der Waals surface area contributed by atoms with Gasteiger partial charge in [-0.2, -0.15) is 0 Å². The van der Waals surface area contributed by atoms with E-state index in [2.05, 4.69) is 19.3 Å². The van der Waals surface area contributed by atoms with Gasteiger partial charge in [0.1, 0.15) is 11.4 Å². The molecule has 1 rings (SSSR count). The Morgan fingerprint density at radius 2 is 2.06 bits per heavy atom. The molecular weight excluding hydrogens is 228 g/mol. The highest BCUT2D eigenvalue weighted by Crippen LogP contribution is 2.33. The Hall–Kier alpha value is -1.10. The summed E-state index contributed by atoms with van der Waals surface area (Å²) < 4.78 is 5.39. The van der Waals surface area contributed by atoms with Gasteiger partial charge in [0.05, 0.1) is 7.11 Å². The summed E-state index contributed by atoms with van der Waals surface area (Å²) in [6.45, 7) is 8.23. The summed E-state index contributed by atoms with van der Waals surface area (Å²) in [4.78, 5) is 0. The second-order valence-corrected chi connectivity index (χ2v) is 5.22. The van der Waals surface area contributed by atoms with Crippen LogP contribution in [-0.2, 0) is 5.60 Å². The molecule has 4 heteroatoms. The zero-order valence-electron chi connectivity index (χ0n) is 11.9. The largest absolute Gasteiger partial charge is 0.496 e. The molecule has 1 atom stereocenters. The van der Waals surface area contributed by atoms with Crippen molar-refractivity contribution < 1.29 is 9.84 Å². The lowest BCUT2D eigenvalue weighted by atomic mass is 9.87. The summed E-state index contributed by atoms with van der Waals surface area (Å²) in [7, 11) is 1.67. The van der Waals surface area contributed by atoms with Crippen molar-refractivity contribution in [2.45, 2.75) is 39.2 Å². The molecule has 0 bridgehead atoms. The van der Waals surface area contributed by atoms with E-state index in [1.54, 1.807) is 14.0 Å². The number of aliphatic hydroxyl groups is 1. The number of rotatable bonds is 5. The van der Waals surface area contributed by atoms with Crippen molar-refractivity contribution in [2.24, 2.45) is 5.84 Å². The van der Waals surface area contributed by atoms with E-state index in [1.165, 1.54) is 0 Å². The Kier molecular flexibility index (Phi) is 4.73. The van der Waals surface area contributed by atoms with Gasteiger partial charge in [0.15, 0.2) is 0 Å². The minimum atomic E-state index is -0.991. The first kappa shape index (κ1) is 15.0. The zero-order chi connectivity index (χ0) is 13.9. The lowest BCUT2D eigenvalue weighted by Gasteiger charge is -2.27. The number of nitrogens with one attached hydrogen (secondary N) is 1. The number of benzene rings is 1. The summed E-state index contributed by atoms with van der Waals surface area (Å²) >= 11 is 0. The molecule has 102 valence electrons. The zero-order valence-corrected chi connectivity index (χ0v) is 11.9. The maximum absolute atomic E-state index is 10.5. The van der Waals surface area contributed by atoms with Crippen molar-refractivity contribution in [3.05, 3.63) is 28.8 Å². The topological polar surface area (TPSA) is 67.5 Å². The standard InChI is InChI=1S/C14H24N2O2/c1-9(2)11-7-12(14(4,17)8-16-15)10(3)6-13(11)18-5/h6-7,9,16-17H,8,15H2,1-5H3. The maximum Gasteiger partial charge on any atom is 0.122 e. The van der Waals surface area contributed by atoms with Crippen LogP contribution in [0.4, 0.5) is 0 Å². The first-order chi connectivity index (χ1) is 8.33. The quantitative estimate of drug-likeness (QED) is 0.552. The average molecular weight is 252 g/mol. The van der Waals surface area contributed by atoms with Gasteiger partial charge < -0.3 is 9.84 Å². The Morgan fingerprint density at radius 1 is 1.44 bits per heavy atom. The first-order valence-corrected chi connectivity index (χ1v) is 6.18. The van der Waals surface area contributed by atoms with Crippen LogP contribution in [0, 0.1) is 6.92 Å². The number of nitrogens with two attached hydrogens (primary N) is 1. The summed E-state index contributed by atoms with van der Waals surface area (Å²) in [6, 6.07) is 3.98. The Labute approximate surface area is 109 Å². The summed E-state index contributed by atoms with van der Waals surface area (Å²) in [5, 5.41) is 10.5. The van der Waals surface area contributed by atoms with Crippen molar-refractivity contribution in [3.63, 3.8) is 0 Å². The van der Waals surface area contributed by atoms with E-state index in [0.29, 0.717) is 12.5 Å². The number of aryl methyl sites for hydroxylation is 1. The molecule has 0 saturated heterocycles. The maximum atomic E-state index is 10.5.